The zero-order valence-corrected chi connectivity index (χ0v) is 21.0. The van der Waals surface area contributed by atoms with Gasteiger partial charge in [-0.2, -0.15) is 0 Å². The number of thioether (sulfide) groups is 1. The summed E-state index contributed by atoms with van der Waals surface area (Å²) in [6.07, 6.45) is 0.719. The molecular weight excluding hydrogens is 426 g/mol. The molecule has 0 amide bonds. The molecule has 4 nitrogen and oxygen atoms in total. The first-order valence-corrected chi connectivity index (χ1v) is 12.8. The minimum Gasteiger partial charge on any atom is -0.460 e. The maximum Gasteiger partial charge on any atom is 0.311 e. The fourth-order valence-electron chi connectivity index (χ4n) is 3.10. The van der Waals surface area contributed by atoms with Crippen molar-refractivity contribution in [3.05, 3.63) is 60.2 Å². The van der Waals surface area contributed by atoms with E-state index in [4.69, 9.17) is 4.74 Å². The Kier molecular flexibility index (Phi) is 9.79. The maximum absolute atomic E-state index is 13.2. The van der Waals surface area contributed by atoms with Crippen LogP contribution in [0.3, 0.4) is 0 Å². The second kappa shape index (κ2) is 11.8. The number of ether oxygens (including phenoxy) is 1. The molecule has 0 aliphatic carbocycles. The molecule has 1 N–H and O–H groups in total. The van der Waals surface area contributed by atoms with Crippen molar-refractivity contribution in [2.45, 2.75) is 69.4 Å². The monoisotopic (exact) mass is 461 g/mol. The quantitative estimate of drug-likeness (QED) is 0.360. The third-order valence-electron chi connectivity index (χ3n) is 4.59. The largest absolute Gasteiger partial charge is 0.460 e. The van der Waals surface area contributed by atoms with Crippen molar-refractivity contribution in [1.29, 1.82) is 0 Å². The summed E-state index contributed by atoms with van der Waals surface area (Å²) in [7, 11) is -1.41. The molecule has 2 aromatic carbocycles. The van der Waals surface area contributed by atoms with Crippen LogP contribution in [0.1, 0.15) is 46.6 Å². The number of esters is 1. The van der Waals surface area contributed by atoms with E-state index in [1.165, 1.54) is 0 Å². The Morgan fingerprint density at radius 3 is 2.23 bits per heavy atom. The molecule has 0 saturated heterocycles. The van der Waals surface area contributed by atoms with Crippen LogP contribution in [0, 0.1) is 18.8 Å². The normalized spacial score (nSPS) is 14.8. The van der Waals surface area contributed by atoms with E-state index in [1.54, 1.807) is 11.8 Å². The molecule has 2 rings (SSSR count). The van der Waals surface area contributed by atoms with Gasteiger partial charge in [0.2, 0.25) is 0 Å². The number of hydrogen-bond acceptors (Lipinski definition) is 4. The first kappa shape index (κ1) is 25.6. The highest BCUT2D eigenvalue weighted by Crippen LogP contribution is 2.27. The van der Waals surface area contributed by atoms with Gasteiger partial charge in [-0.3, -0.25) is 4.79 Å². The summed E-state index contributed by atoms with van der Waals surface area (Å²) in [5.41, 5.74) is 0.538. The molecule has 0 fully saturated rings. The van der Waals surface area contributed by atoms with Crippen molar-refractivity contribution in [2.75, 3.05) is 5.75 Å². The number of carbonyl (C=O) groups is 1. The van der Waals surface area contributed by atoms with Crippen LogP contribution in [0.5, 0.6) is 0 Å². The van der Waals surface area contributed by atoms with E-state index in [-0.39, 0.29) is 12.0 Å². The van der Waals surface area contributed by atoms with Crippen molar-refractivity contribution in [3.8, 4) is 0 Å². The number of benzene rings is 2. The van der Waals surface area contributed by atoms with E-state index < -0.39 is 22.5 Å². The van der Waals surface area contributed by atoms with Crippen LogP contribution in [0.2, 0.25) is 0 Å². The summed E-state index contributed by atoms with van der Waals surface area (Å²) in [5.74, 6) is 0.199. The zero-order valence-electron chi connectivity index (χ0n) is 19.4. The Bertz CT molecular complexity index is 845. The van der Waals surface area contributed by atoms with Crippen LogP contribution in [-0.2, 0) is 20.5 Å². The molecule has 0 radical (unpaired) electrons. The van der Waals surface area contributed by atoms with Gasteiger partial charge < -0.3 is 4.74 Å². The van der Waals surface area contributed by atoms with Crippen molar-refractivity contribution in [1.82, 2.24) is 4.72 Å². The Morgan fingerprint density at radius 2 is 1.68 bits per heavy atom. The third kappa shape index (κ3) is 9.17. The van der Waals surface area contributed by atoms with Crippen LogP contribution in [-0.4, -0.2) is 27.6 Å². The summed E-state index contributed by atoms with van der Waals surface area (Å²) >= 11 is 1.62. The molecule has 1 unspecified atom stereocenters. The predicted molar refractivity (Wildman–Crippen MR) is 130 cm³/mol. The third-order valence-corrected chi connectivity index (χ3v) is 6.94. The summed E-state index contributed by atoms with van der Waals surface area (Å²) in [4.78, 5) is 15.0. The molecule has 170 valence electrons. The Hall–Kier alpha value is -1.63. The Balaban J connectivity index is 2.26. The van der Waals surface area contributed by atoms with Gasteiger partial charge in [-0.1, -0.05) is 49.7 Å². The van der Waals surface area contributed by atoms with E-state index in [0.717, 1.165) is 16.9 Å². The lowest BCUT2D eigenvalue weighted by atomic mass is 9.94. The van der Waals surface area contributed by atoms with Crippen molar-refractivity contribution < 1.29 is 13.7 Å². The van der Waals surface area contributed by atoms with Gasteiger partial charge in [0.05, 0.1) is 10.8 Å². The SMILES string of the molecule is Cc1ccc(S(=O)N[C@@H](CC(C)C)[C@@H](CSc2ccccc2)C(=O)OC(C)(C)C)cc1. The first-order valence-electron chi connectivity index (χ1n) is 10.7. The van der Waals surface area contributed by atoms with Crippen molar-refractivity contribution in [2.24, 2.45) is 11.8 Å². The molecule has 0 aromatic heterocycles. The van der Waals surface area contributed by atoms with Gasteiger partial charge in [0, 0.05) is 16.7 Å². The second-order valence-corrected chi connectivity index (χ2v) is 11.5. The molecule has 0 bridgehead atoms. The van der Waals surface area contributed by atoms with Gasteiger partial charge in [0.15, 0.2) is 0 Å². The van der Waals surface area contributed by atoms with Gasteiger partial charge in [0.1, 0.15) is 16.6 Å². The van der Waals surface area contributed by atoms with Gasteiger partial charge in [-0.05, 0) is 64.3 Å². The second-order valence-electron chi connectivity index (χ2n) is 9.20. The Morgan fingerprint density at radius 1 is 1.06 bits per heavy atom. The lowest BCUT2D eigenvalue weighted by molar-refractivity contribution is -0.160. The molecule has 0 aliphatic rings. The lowest BCUT2D eigenvalue weighted by Crippen LogP contribution is -2.45. The molecule has 3 atom stereocenters. The summed E-state index contributed by atoms with van der Waals surface area (Å²) in [6, 6.07) is 17.4. The van der Waals surface area contributed by atoms with E-state index in [1.807, 2.05) is 82.3 Å². The molecule has 0 heterocycles. The van der Waals surface area contributed by atoms with E-state index in [2.05, 4.69) is 18.6 Å². The minimum atomic E-state index is -1.41. The maximum atomic E-state index is 13.2. The molecule has 6 heteroatoms. The molecule has 0 aliphatic heterocycles. The first-order chi connectivity index (χ1) is 14.5. The van der Waals surface area contributed by atoms with Crippen LogP contribution in [0.25, 0.3) is 0 Å². The summed E-state index contributed by atoms with van der Waals surface area (Å²) in [5, 5.41) is 0. The molecule has 31 heavy (non-hydrogen) atoms. The van der Waals surface area contributed by atoms with E-state index in [9.17, 15) is 9.00 Å². The van der Waals surface area contributed by atoms with E-state index in [0.29, 0.717) is 16.6 Å². The smallest absolute Gasteiger partial charge is 0.311 e. The topological polar surface area (TPSA) is 55.4 Å². The van der Waals surface area contributed by atoms with Crippen molar-refractivity contribution >= 4 is 28.7 Å². The average molecular weight is 462 g/mol. The van der Waals surface area contributed by atoms with Gasteiger partial charge >= 0.3 is 5.97 Å². The van der Waals surface area contributed by atoms with Crippen LogP contribution in [0.15, 0.2) is 64.4 Å². The zero-order chi connectivity index (χ0) is 23.0. The molecule has 2 aromatic rings. The number of rotatable bonds is 10. The lowest BCUT2D eigenvalue weighted by Gasteiger charge is -2.30. The van der Waals surface area contributed by atoms with Gasteiger partial charge in [-0.25, -0.2) is 8.93 Å². The fourth-order valence-corrected chi connectivity index (χ4v) is 5.24. The molecular formula is C25H35NO3S2. The van der Waals surface area contributed by atoms with Gasteiger partial charge in [-0.15, -0.1) is 11.8 Å². The standard InChI is InChI=1S/C25H35NO3S2/c1-18(2)16-23(26-31(28)21-14-12-19(3)13-15-21)22(24(27)29-25(4,5)6)17-30-20-10-8-7-9-11-20/h7-15,18,22-23,26H,16-17H2,1-6H3/t22-,23+,31?/m1/s1. The van der Waals surface area contributed by atoms with Crippen LogP contribution < -0.4 is 4.72 Å². The summed E-state index contributed by atoms with van der Waals surface area (Å²) < 4.78 is 22.1. The number of aryl methyl sites for hydroxylation is 1. The Labute approximate surface area is 194 Å². The van der Waals surface area contributed by atoms with E-state index >= 15 is 0 Å². The number of hydrogen-bond donors (Lipinski definition) is 1. The molecule has 0 spiro atoms. The predicted octanol–water partition coefficient (Wildman–Crippen LogP) is 5.77. The highest BCUT2D eigenvalue weighted by Gasteiger charge is 2.34. The average Bonchev–Trinajstić information content (AvgIpc) is 2.67. The number of carbonyl (C=O) groups excluding carboxylic acids is 1. The molecule has 0 saturated carbocycles. The van der Waals surface area contributed by atoms with Gasteiger partial charge in [0.25, 0.3) is 0 Å². The van der Waals surface area contributed by atoms with Crippen molar-refractivity contribution in [3.63, 3.8) is 0 Å². The highest BCUT2D eigenvalue weighted by atomic mass is 32.2. The summed E-state index contributed by atoms with van der Waals surface area (Å²) in [6.45, 7) is 11.9. The minimum absolute atomic E-state index is 0.255. The van der Waals surface area contributed by atoms with Crippen LogP contribution in [0.4, 0.5) is 0 Å². The fraction of sp³-hybridized carbons (Fsp3) is 0.480. The van der Waals surface area contributed by atoms with Crippen LogP contribution >= 0.6 is 11.8 Å². The highest BCUT2D eigenvalue weighted by molar-refractivity contribution is 7.99. The number of nitrogens with one attached hydrogen (secondary N) is 1.